The largest absolute Gasteiger partial charge is 0.385 e. The minimum absolute atomic E-state index is 0.123. The third-order valence-electron chi connectivity index (χ3n) is 2.23. The van der Waals surface area contributed by atoms with E-state index in [1.807, 2.05) is 13.0 Å². The first kappa shape index (κ1) is 13.5. The Bertz CT molecular complexity index is 331. The lowest BCUT2D eigenvalue weighted by molar-refractivity contribution is 0.200. The first-order valence-corrected chi connectivity index (χ1v) is 6.30. The number of ether oxygens (including phenoxy) is 1. The minimum atomic E-state index is -0.183. The Morgan fingerprint density at radius 1 is 1.50 bits per heavy atom. The molecule has 0 spiro atoms. The Balaban J connectivity index is 2.54. The summed E-state index contributed by atoms with van der Waals surface area (Å²) in [4.78, 5) is 0.681. The Morgan fingerprint density at radius 3 is 2.81 bits per heavy atom. The van der Waals surface area contributed by atoms with Crippen molar-refractivity contribution < 1.29 is 9.13 Å². The highest BCUT2D eigenvalue weighted by Crippen LogP contribution is 2.24. The van der Waals surface area contributed by atoms with Crippen LogP contribution in [-0.4, -0.2) is 19.5 Å². The van der Waals surface area contributed by atoms with Crippen molar-refractivity contribution in [2.24, 2.45) is 5.73 Å². The van der Waals surface area contributed by atoms with E-state index >= 15 is 0 Å². The number of methoxy groups -OCH3 is 1. The third kappa shape index (κ3) is 4.12. The summed E-state index contributed by atoms with van der Waals surface area (Å²) in [6, 6.07) is 5.07. The van der Waals surface area contributed by atoms with Crippen LogP contribution in [0.4, 0.5) is 4.39 Å². The fourth-order valence-corrected chi connectivity index (χ4v) is 2.15. The molecular formula is C12H18FNOS. The quantitative estimate of drug-likeness (QED) is 0.616. The number of rotatable bonds is 6. The molecule has 0 bridgehead atoms. The molecule has 1 aromatic carbocycles. The predicted molar refractivity (Wildman–Crippen MR) is 66.2 cm³/mol. The molecule has 2 nitrogen and oxygen atoms in total. The van der Waals surface area contributed by atoms with Crippen LogP contribution in [0.25, 0.3) is 0 Å². The molecule has 1 atom stereocenters. The Labute approximate surface area is 100 Å². The molecule has 1 unspecified atom stereocenters. The van der Waals surface area contributed by atoms with E-state index in [0.29, 0.717) is 11.5 Å². The molecule has 0 saturated carbocycles. The number of nitrogens with two attached hydrogens (primary N) is 1. The highest BCUT2D eigenvalue weighted by atomic mass is 32.2. The lowest BCUT2D eigenvalue weighted by Crippen LogP contribution is -2.05. The van der Waals surface area contributed by atoms with Crippen LogP contribution >= 0.6 is 11.8 Å². The zero-order chi connectivity index (χ0) is 12.0. The summed E-state index contributed by atoms with van der Waals surface area (Å²) in [6.45, 7) is 2.56. The first-order valence-electron chi connectivity index (χ1n) is 5.32. The molecule has 0 radical (unpaired) electrons. The summed E-state index contributed by atoms with van der Waals surface area (Å²) < 4.78 is 18.5. The maximum absolute atomic E-state index is 13.6. The van der Waals surface area contributed by atoms with Crippen molar-refractivity contribution >= 4 is 11.8 Å². The van der Waals surface area contributed by atoms with Crippen molar-refractivity contribution in [3.63, 3.8) is 0 Å². The molecule has 90 valence electrons. The second-order valence-electron chi connectivity index (χ2n) is 3.67. The van der Waals surface area contributed by atoms with Gasteiger partial charge < -0.3 is 10.5 Å². The highest BCUT2D eigenvalue weighted by molar-refractivity contribution is 7.99. The van der Waals surface area contributed by atoms with Crippen LogP contribution in [0.1, 0.15) is 24.9 Å². The molecule has 0 aliphatic rings. The van der Waals surface area contributed by atoms with Gasteiger partial charge in [-0.2, -0.15) is 0 Å². The van der Waals surface area contributed by atoms with Crippen molar-refractivity contribution in [1.29, 1.82) is 0 Å². The average Bonchev–Trinajstić information content (AvgIpc) is 2.26. The fraction of sp³-hybridized carbons (Fsp3) is 0.500. The smallest absolute Gasteiger partial charge is 0.137 e. The number of benzene rings is 1. The Morgan fingerprint density at radius 2 is 2.25 bits per heavy atom. The number of thioether (sulfide) groups is 1. The molecular weight excluding hydrogens is 225 g/mol. The summed E-state index contributed by atoms with van der Waals surface area (Å²) in [5, 5.41) is 0. The molecule has 0 aliphatic carbocycles. The van der Waals surface area contributed by atoms with E-state index in [9.17, 15) is 4.39 Å². The van der Waals surface area contributed by atoms with Crippen LogP contribution in [0.3, 0.4) is 0 Å². The van der Waals surface area contributed by atoms with Gasteiger partial charge in [-0.3, -0.25) is 0 Å². The number of hydrogen-bond donors (Lipinski definition) is 1. The van der Waals surface area contributed by atoms with Gasteiger partial charge in [-0.05, 0) is 31.0 Å². The zero-order valence-corrected chi connectivity index (χ0v) is 10.5. The molecule has 0 heterocycles. The van der Waals surface area contributed by atoms with Crippen molar-refractivity contribution in [3.8, 4) is 0 Å². The van der Waals surface area contributed by atoms with Crippen molar-refractivity contribution in [3.05, 3.63) is 29.6 Å². The molecule has 1 rings (SSSR count). The maximum atomic E-state index is 13.6. The van der Waals surface area contributed by atoms with Crippen molar-refractivity contribution in [1.82, 2.24) is 0 Å². The van der Waals surface area contributed by atoms with E-state index in [4.69, 9.17) is 10.5 Å². The normalized spacial score (nSPS) is 12.8. The van der Waals surface area contributed by atoms with Gasteiger partial charge in [-0.1, -0.05) is 6.07 Å². The first-order chi connectivity index (χ1) is 7.65. The predicted octanol–water partition coefficient (Wildman–Crippen LogP) is 2.97. The molecule has 2 N–H and O–H groups in total. The van der Waals surface area contributed by atoms with E-state index in [-0.39, 0.29) is 11.9 Å². The summed E-state index contributed by atoms with van der Waals surface area (Å²) in [5.74, 6) is 0.680. The third-order valence-corrected chi connectivity index (χ3v) is 3.37. The van der Waals surface area contributed by atoms with Crippen LogP contribution in [0.2, 0.25) is 0 Å². The van der Waals surface area contributed by atoms with Gasteiger partial charge in [0, 0.05) is 30.4 Å². The summed E-state index contributed by atoms with van der Waals surface area (Å²) in [5.41, 5.74) is 6.51. The Kier molecular flexibility index (Phi) is 5.80. The van der Waals surface area contributed by atoms with E-state index in [2.05, 4.69) is 0 Å². The molecule has 0 aromatic heterocycles. The number of hydrogen-bond acceptors (Lipinski definition) is 3. The molecule has 0 amide bonds. The molecule has 0 saturated heterocycles. The minimum Gasteiger partial charge on any atom is -0.385 e. The van der Waals surface area contributed by atoms with Gasteiger partial charge in [-0.15, -0.1) is 11.8 Å². The van der Waals surface area contributed by atoms with Crippen LogP contribution in [0.5, 0.6) is 0 Å². The fourth-order valence-electron chi connectivity index (χ4n) is 1.30. The monoisotopic (exact) mass is 243 g/mol. The number of halogens is 1. The van der Waals surface area contributed by atoms with E-state index in [1.54, 1.807) is 13.2 Å². The van der Waals surface area contributed by atoms with E-state index < -0.39 is 0 Å². The van der Waals surface area contributed by atoms with Gasteiger partial charge in [-0.25, -0.2) is 4.39 Å². The Hall–Kier alpha value is -0.580. The SMILES string of the molecule is COCCCSc1ccc(C(C)N)cc1F. The second kappa shape index (κ2) is 6.89. The molecule has 4 heteroatoms. The van der Waals surface area contributed by atoms with E-state index in [1.165, 1.54) is 17.8 Å². The van der Waals surface area contributed by atoms with Crippen LogP contribution in [0.15, 0.2) is 23.1 Å². The topological polar surface area (TPSA) is 35.2 Å². The molecule has 0 aliphatic heterocycles. The van der Waals surface area contributed by atoms with Gasteiger partial charge >= 0.3 is 0 Å². The van der Waals surface area contributed by atoms with E-state index in [0.717, 1.165) is 17.7 Å². The molecule has 0 fully saturated rings. The van der Waals surface area contributed by atoms with Crippen molar-refractivity contribution in [2.45, 2.75) is 24.3 Å². The molecule has 1 aromatic rings. The van der Waals surface area contributed by atoms with Gasteiger partial charge in [0.05, 0.1) is 0 Å². The maximum Gasteiger partial charge on any atom is 0.137 e. The summed E-state index contributed by atoms with van der Waals surface area (Å²) in [7, 11) is 1.67. The van der Waals surface area contributed by atoms with Crippen LogP contribution in [-0.2, 0) is 4.74 Å². The van der Waals surface area contributed by atoms with Gasteiger partial charge in [0.2, 0.25) is 0 Å². The van der Waals surface area contributed by atoms with Gasteiger partial charge in [0.15, 0.2) is 0 Å². The second-order valence-corrected chi connectivity index (χ2v) is 4.81. The lowest BCUT2D eigenvalue weighted by Gasteiger charge is -2.08. The summed E-state index contributed by atoms with van der Waals surface area (Å²) >= 11 is 1.51. The van der Waals surface area contributed by atoms with Crippen LogP contribution in [0, 0.1) is 5.82 Å². The average molecular weight is 243 g/mol. The summed E-state index contributed by atoms with van der Waals surface area (Å²) in [6.07, 6.45) is 0.926. The molecule has 16 heavy (non-hydrogen) atoms. The standard InChI is InChI=1S/C12H18FNOS/c1-9(14)10-4-5-12(11(13)8-10)16-7-3-6-15-2/h4-5,8-9H,3,6-7,14H2,1-2H3. The zero-order valence-electron chi connectivity index (χ0n) is 9.70. The lowest BCUT2D eigenvalue weighted by atomic mass is 10.1. The van der Waals surface area contributed by atoms with Crippen LogP contribution < -0.4 is 5.73 Å². The van der Waals surface area contributed by atoms with Gasteiger partial charge in [0.25, 0.3) is 0 Å². The van der Waals surface area contributed by atoms with Crippen molar-refractivity contribution in [2.75, 3.05) is 19.5 Å². The highest BCUT2D eigenvalue weighted by Gasteiger charge is 2.06. The van der Waals surface area contributed by atoms with Gasteiger partial charge in [0.1, 0.15) is 5.82 Å².